The fraction of sp³-hybridized carbons (Fsp3) is 0.393. The second kappa shape index (κ2) is 9.91. The van der Waals surface area contributed by atoms with Crippen LogP contribution in [0.3, 0.4) is 0 Å². The minimum atomic E-state index is -0.398. The molecule has 0 bridgehead atoms. The van der Waals surface area contributed by atoms with E-state index in [1.165, 1.54) is 11.1 Å². The van der Waals surface area contributed by atoms with E-state index in [0.29, 0.717) is 17.4 Å². The maximum absolute atomic E-state index is 13.1. The number of hydrogen-bond donors (Lipinski definition) is 2. The molecule has 3 aromatic heterocycles. The summed E-state index contributed by atoms with van der Waals surface area (Å²) in [5.41, 5.74) is 4.94. The van der Waals surface area contributed by atoms with Crippen LogP contribution in [0.2, 0.25) is 0 Å². The van der Waals surface area contributed by atoms with Gasteiger partial charge in [-0.2, -0.15) is 14.9 Å². The minimum absolute atomic E-state index is 0.0838. The molecule has 0 saturated carbocycles. The summed E-state index contributed by atoms with van der Waals surface area (Å²) in [4.78, 5) is 34.5. The molecule has 194 valence electrons. The molecule has 1 fully saturated rings. The molecule has 1 saturated heterocycles. The van der Waals surface area contributed by atoms with Gasteiger partial charge in [0.15, 0.2) is 11.7 Å². The minimum Gasteiger partial charge on any atom is -0.346 e. The van der Waals surface area contributed by atoms with E-state index < -0.39 is 6.04 Å². The van der Waals surface area contributed by atoms with Gasteiger partial charge in [-0.15, -0.1) is 0 Å². The number of piperazine rings is 1. The van der Waals surface area contributed by atoms with Crippen molar-refractivity contribution in [3.05, 3.63) is 64.4 Å². The maximum Gasteiger partial charge on any atom is 0.440 e. The van der Waals surface area contributed by atoms with Crippen LogP contribution in [-0.4, -0.2) is 73.7 Å². The van der Waals surface area contributed by atoms with Gasteiger partial charge in [0.05, 0.1) is 23.5 Å². The fourth-order valence-corrected chi connectivity index (χ4v) is 5.35. The van der Waals surface area contributed by atoms with Crippen molar-refractivity contribution in [1.82, 2.24) is 34.5 Å². The Kier molecular flexibility index (Phi) is 6.29. The van der Waals surface area contributed by atoms with Crippen LogP contribution in [0.15, 0.2) is 42.7 Å². The maximum atomic E-state index is 13.1. The van der Waals surface area contributed by atoms with Crippen LogP contribution in [0.1, 0.15) is 42.1 Å². The van der Waals surface area contributed by atoms with Crippen LogP contribution in [0.4, 0.5) is 17.5 Å². The van der Waals surface area contributed by atoms with Crippen molar-refractivity contribution >= 4 is 34.4 Å². The normalized spacial score (nSPS) is 18.2. The van der Waals surface area contributed by atoms with Gasteiger partial charge in [-0.1, -0.05) is 24.3 Å². The first-order valence-corrected chi connectivity index (χ1v) is 13.2. The van der Waals surface area contributed by atoms with Crippen LogP contribution < -0.4 is 5.32 Å². The Morgan fingerprint density at radius 3 is 2.84 bits per heavy atom. The van der Waals surface area contributed by atoms with Gasteiger partial charge in [0, 0.05) is 37.4 Å². The number of hydrogen-bond acceptors (Lipinski definition) is 6. The first-order valence-electron chi connectivity index (χ1n) is 13.2. The number of aryl methyl sites for hydroxylation is 1. The van der Waals surface area contributed by atoms with E-state index >= 15 is 0 Å². The molecule has 1 amide bonds. The number of fused-ring (bicyclic) bond motifs is 2. The number of likely N-dealkylation sites (N-methyl/N-ethyl adjacent to an activating group) is 1. The molecule has 1 aliphatic heterocycles. The number of aromatic amines is 1. The molecule has 2 N–H and O–H groups in total. The number of H-pyrrole nitrogens is 1. The second-order valence-corrected chi connectivity index (χ2v) is 10.2. The molecule has 2 aliphatic rings. The van der Waals surface area contributed by atoms with Gasteiger partial charge < -0.3 is 14.8 Å². The molecule has 1 aliphatic carbocycles. The van der Waals surface area contributed by atoms with Crippen molar-refractivity contribution in [2.75, 3.05) is 38.5 Å². The average molecular weight is 511 g/mol. The van der Waals surface area contributed by atoms with Gasteiger partial charge in [-0.25, -0.2) is 0 Å². The lowest BCUT2D eigenvalue weighted by atomic mass is 10.0. The van der Waals surface area contributed by atoms with E-state index in [1.807, 2.05) is 31.0 Å². The summed E-state index contributed by atoms with van der Waals surface area (Å²) in [6, 6.07) is 13.3. The van der Waals surface area contributed by atoms with Crippen LogP contribution in [-0.2, 0) is 11.2 Å². The van der Waals surface area contributed by atoms with Gasteiger partial charge in [-0.05, 0) is 50.9 Å². The van der Waals surface area contributed by atoms with Crippen molar-refractivity contribution in [2.24, 2.45) is 0 Å². The van der Waals surface area contributed by atoms with Crippen LogP contribution in [0, 0.1) is 13.0 Å². The molecule has 10 nitrogen and oxygen atoms in total. The van der Waals surface area contributed by atoms with E-state index in [0.717, 1.165) is 55.8 Å². The summed E-state index contributed by atoms with van der Waals surface area (Å²) >= 11 is 0. The Morgan fingerprint density at radius 1 is 1.18 bits per heavy atom. The highest BCUT2D eigenvalue weighted by atomic mass is 16.2. The lowest BCUT2D eigenvalue weighted by Gasteiger charge is -2.34. The number of nitrogens with one attached hydrogen (secondary N) is 2. The third-order valence-electron chi connectivity index (χ3n) is 7.69. The zero-order valence-corrected chi connectivity index (χ0v) is 22.0. The molecule has 1 aromatic carbocycles. The summed E-state index contributed by atoms with van der Waals surface area (Å²) in [7, 11) is 2.08. The number of carbonyl (C=O) groups excluding carboxylic acids is 1. The zero-order chi connectivity index (χ0) is 26.2. The molecule has 2 atom stereocenters. The number of aromatic nitrogens is 5. The largest absolute Gasteiger partial charge is 0.440 e. The van der Waals surface area contributed by atoms with E-state index in [1.54, 1.807) is 10.9 Å². The smallest absolute Gasteiger partial charge is 0.346 e. The number of rotatable bonds is 4. The van der Waals surface area contributed by atoms with Crippen molar-refractivity contribution < 1.29 is 4.79 Å². The predicted molar refractivity (Wildman–Crippen MR) is 147 cm³/mol. The second-order valence-electron chi connectivity index (χ2n) is 10.2. The van der Waals surface area contributed by atoms with Crippen molar-refractivity contribution in [3.8, 4) is 6.07 Å². The van der Waals surface area contributed by atoms with Crippen LogP contribution >= 0.6 is 0 Å². The Morgan fingerprint density at radius 2 is 2.00 bits per heavy atom. The Labute approximate surface area is 221 Å². The number of benzene rings is 1. The lowest BCUT2D eigenvalue weighted by Crippen LogP contribution is -2.49. The van der Waals surface area contributed by atoms with E-state index in [-0.39, 0.29) is 11.8 Å². The monoisotopic (exact) mass is 510 g/mol. The van der Waals surface area contributed by atoms with Gasteiger partial charge in [0.1, 0.15) is 11.4 Å². The molecule has 6 rings (SSSR count). The van der Waals surface area contributed by atoms with Gasteiger partial charge in [-0.3, -0.25) is 14.8 Å². The van der Waals surface area contributed by atoms with Gasteiger partial charge in [0.2, 0.25) is 5.91 Å². The fourth-order valence-electron chi connectivity index (χ4n) is 5.35. The summed E-state index contributed by atoms with van der Waals surface area (Å²) in [6.07, 6.45) is 5.59. The molecule has 10 heteroatoms. The third-order valence-corrected chi connectivity index (χ3v) is 7.69. The number of amides is 1. The summed E-state index contributed by atoms with van der Waals surface area (Å²) in [5, 5.41) is 8.66. The van der Waals surface area contributed by atoms with Crippen molar-refractivity contribution in [1.29, 1.82) is 0 Å². The SMILES string of the molecule is Cc1c(Nc2nc([N+]#CC3CCc4ccccc43)c3cc[nH]c3n2)cnn1C(C)C(=O)N1CCN(C)CC1. The van der Waals surface area contributed by atoms with E-state index in [4.69, 9.17) is 9.83 Å². The first-order chi connectivity index (χ1) is 18.5. The third kappa shape index (κ3) is 4.50. The lowest BCUT2D eigenvalue weighted by molar-refractivity contribution is -0.136. The van der Waals surface area contributed by atoms with Crippen LogP contribution in [0.25, 0.3) is 15.9 Å². The first kappa shape index (κ1) is 24.1. The Balaban J connectivity index is 1.24. The van der Waals surface area contributed by atoms with Gasteiger partial charge in [0.25, 0.3) is 0 Å². The summed E-state index contributed by atoms with van der Waals surface area (Å²) in [6.45, 7) is 7.09. The zero-order valence-electron chi connectivity index (χ0n) is 22.0. The molecule has 0 radical (unpaired) electrons. The van der Waals surface area contributed by atoms with E-state index in [9.17, 15) is 4.79 Å². The highest BCUT2D eigenvalue weighted by molar-refractivity contribution is 5.89. The van der Waals surface area contributed by atoms with Crippen molar-refractivity contribution in [3.63, 3.8) is 0 Å². The molecule has 4 aromatic rings. The quantitative estimate of drug-likeness (QED) is 0.426. The van der Waals surface area contributed by atoms with Crippen molar-refractivity contribution in [2.45, 2.75) is 38.6 Å². The predicted octanol–water partition coefficient (Wildman–Crippen LogP) is 4.24. The van der Waals surface area contributed by atoms with E-state index in [2.05, 4.69) is 62.7 Å². The summed E-state index contributed by atoms with van der Waals surface area (Å²) < 4.78 is 1.76. The molecular weight excluding hydrogens is 478 g/mol. The molecule has 38 heavy (non-hydrogen) atoms. The highest BCUT2D eigenvalue weighted by Gasteiger charge is 2.28. The number of anilines is 2. The molecule has 2 unspecified atom stereocenters. The van der Waals surface area contributed by atoms with Gasteiger partial charge >= 0.3 is 11.8 Å². The number of nitrogens with zero attached hydrogens (tertiary/aromatic N) is 7. The highest BCUT2D eigenvalue weighted by Crippen LogP contribution is 2.33. The Hall–Kier alpha value is -4.23. The number of carbonyl (C=O) groups is 1. The average Bonchev–Trinajstić information content (AvgIpc) is 3.66. The molecule has 0 spiro atoms. The summed E-state index contributed by atoms with van der Waals surface area (Å²) in [5.74, 6) is 1.21. The standard InChI is InChI=1S/C28H32N9O/c1-18-24(17-31-37(18)19(2)27(38)36-14-12-35(3)13-15-36)32-28-33-25-23(10-11-29-25)26(34-28)30-16-21-9-8-20-6-4-5-7-22(20)21/h4-7,10-11,17,19,21H,8-9,12-15H2,1-3H3,(H2,29,32,33,34)/q+1. The Bertz CT molecular complexity index is 1550. The topological polar surface area (TPSA) is 99.3 Å². The molecule has 4 heterocycles. The molecular formula is C28H32N9O+. The van der Waals surface area contributed by atoms with Crippen LogP contribution in [0.5, 0.6) is 0 Å².